The summed E-state index contributed by atoms with van der Waals surface area (Å²) in [5, 5.41) is 10.3. The normalized spacial score (nSPS) is 19.3. The van der Waals surface area contributed by atoms with Gasteiger partial charge >= 0.3 is 0 Å². The van der Waals surface area contributed by atoms with Crippen LogP contribution >= 0.6 is 12.4 Å². The lowest BCUT2D eigenvalue weighted by Gasteiger charge is -2.25. The first kappa shape index (κ1) is 15.5. The Hall–Kier alpha value is -0.570. The van der Waals surface area contributed by atoms with Gasteiger partial charge in [-0.3, -0.25) is 0 Å². The summed E-state index contributed by atoms with van der Waals surface area (Å²) in [6.07, 6.45) is 4.33. The molecule has 2 atom stereocenters. The highest BCUT2D eigenvalue weighted by atomic mass is 35.5. The predicted molar refractivity (Wildman–Crippen MR) is 78.1 cm³/mol. The molecule has 0 unspecified atom stereocenters. The fourth-order valence-electron chi connectivity index (χ4n) is 2.99. The van der Waals surface area contributed by atoms with Gasteiger partial charge in [-0.05, 0) is 38.2 Å². The first-order chi connectivity index (χ1) is 8.08. The Morgan fingerprint density at radius 1 is 1.11 bits per heavy atom. The van der Waals surface area contributed by atoms with Crippen molar-refractivity contribution >= 4 is 12.4 Å². The number of aliphatic hydroxyl groups excluding tert-OH is 1. The molecule has 3 heteroatoms. The van der Waals surface area contributed by atoms with Crippen LogP contribution in [-0.4, -0.2) is 11.2 Å². The second-order valence-corrected chi connectivity index (χ2v) is 5.48. The van der Waals surface area contributed by atoms with Gasteiger partial charge in [0.15, 0.2) is 0 Å². The van der Waals surface area contributed by atoms with E-state index in [0.717, 1.165) is 18.4 Å². The van der Waals surface area contributed by atoms with Gasteiger partial charge in [-0.15, -0.1) is 12.4 Å². The van der Waals surface area contributed by atoms with E-state index in [0.29, 0.717) is 5.92 Å². The molecule has 0 amide bonds. The number of aryl methyl sites for hydroxylation is 2. The molecule has 2 rings (SSSR count). The third kappa shape index (κ3) is 3.47. The van der Waals surface area contributed by atoms with Gasteiger partial charge in [0.25, 0.3) is 0 Å². The van der Waals surface area contributed by atoms with Crippen LogP contribution in [0.5, 0.6) is 0 Å². The Labute approximate surface area is 116 Å². The lowest BCUT2D eigenvalue weighted by molar-refractivity contribution is 0.0845. The molecular weight excluding hydrogens is 246 g/mol. The van der Waals surface area contributed by atoms with Crippen molar-refractivity contribution in [1.82, 2.24) is 0 Å². The monoisotopic (exact) mass is 269 g/mol. The van der Waals surface area contributed by atoms with Crippen LogP contribution < -0.4 is 5.73 Å². The summed E-state index contributed by atoms with van der Waals surface area (Å²) in [5.74, 6) is 0.394. The fraction of sp³-hybridized carbons (Fsp3) is 0.600. The van der Waals surface area contributed by atoms with Crippen LogP contribution in [0.4, 0.5) is 0 Å². The van der Waals surface area contributed by atoms with Crippen molar-refractivity contribution in [2.45, 2.75) is 51.7 Å². The molecule has 1 aromatic rings. The van der Waals surface area contributed by atoms with Crippen LogP contribution in [0.1, 0.15) is 48.4 Å². The van der Waals surface area contributed by atoms with Crippen LogP contribution in [0.3, 0.4) is 0 Å². The maximum absolute atomic E-state index is 10.3. The number of halogens is 1. The molecule has 0 saturated heterocycles. The third-order valence-electron chi connectivity index (χ3n) is 3.88. The van der Waals surface area contributed by atoms with Crippen LogP contribution in [0, 0.1) is 19.8 Å². The molecule has 0 aliphatic heterocycles. The first-order valence-electron chi connectivity index (χ1n) is 6.60. The summed E-state index contributed by atoms with van der Waals surface area (Å²) >= 11 is 0. The SMILES string of the molecule is Cc1cc(C)cc([C@H](N)[C@H](O)C2CCCC2)c1.Cl. The van der Waals surface area contributed by atoms with E-state index in [4.69, 9.17) is 5.73 Å². The van der Waals surface area contributed by atoms with E-state index in [1.807, 2.05) is 0 Å². The molecule has 102 valence electrons. The quantitative estimate of drug-likeness (QED) is 0.885. The van der Waals surface area contributed by atoms with Gasteiger partial charge in [0.1, 0.15) is 0 Å². The number of hydrogen-bond acceptors (Lipinski definition) is 2. The summed E-state index contributed by atoms with van der Waals surface area (Å²) in [5.41, 5.74) is 9.71. The number of hydrogen-bond donors (Lipinski definition) is 2. The molecule has 1 aliphatic rings. The van der Waals surface area contributed by atoms with Gasteiger partial charge in [-0.25, -0.2) is 0 Å². The first-order valence-corrected chi connectivity index (χ1v) is 6.60. The molecule has 1 aromatic carbocycles. The molecule has 0 aromatic heterocycles. The minimum absolute atomic E-state index is 0. The van der Waals surface area contributed by atoms with Gasteiger partial charge in [-0.1, -0.05) is 42.2 Å². The van der Waals surface area contributed by atoms with E-state index in [9.17, 15) is 5.11 Å². The van der Waals surface area contributed by atoms with E-state index >= 15 is 0 Å². The highest BCUT2D eigenvalue weighted by Gasteiger charge is 2.28. The number of rotatable bonds is 3. The van der Waals surface area contributed by atoms with Crippen molar-refractivity contribution in [2.75, 3.05) is 0 Å². The molecule has 0 bridgehead atoms. The minimum atomic E-state index is -0.390. The molecular formula is C15H24ClNO. The zero-order valence-corrected chi connectivity index (χ0v) is 12.0. The van der Waals surface area contributed by atoms with Crippen molar-refractivity contribution in [2.24, 2.45) is 11.7 Å². The Bertz CT molecular complexity index is 368. The van der Waals surface area contributed by atoms with Gasteiger partial charge in [-0.2, -0.15) is 0 Å². The smallest absolute Gasteiger partial charge is 0.0760 e. The lowest BCUT2D eigenvalue weighted by Crippen LogP contribution is -2.32. The summed E-state index contributed by atoms with van der Waals surface area (Å²) in [7, 11) is 0. The highest BCUT2D eigenvalue weighted by Crippen LogP contribution is 2.32. The zero-order valence-electron chi connectivity index (χ0n) is 11.2. The van der Waals surface area contributed by atoms with E-state index in [-0.39, 0.29) is 18.4 Å². The molecule has 1 fully saturated rings. The number of benzene rings is 1. The van der Waals surface area contributed by atoms with E-state index in [2.05, 4.69) is 32.0 Å². The summed E-state index contributed by atoms with van der Waals surface area (Å²) in [6.45, 7) is 4.15. The molecule has 2 nitrogen and oxygen atoms in total. The molecule has 0 spiro atoms. The standard InChI is InChI=1S/C15H23NO.ClH/c1-10-7-11(2)9-13(8-10)14(16)15(17)12-5-3-4-6-12;/h7-9,12,14-15,17H,3-6,16H2,1-2H3;1H/t14-,15+;/m0./s1. The average molecular weight is 270 g/mol. The molecule has 3 N–H and O–H groups in total. The van der Waals surface area contributed by atoms with Crippen LogP contribution in [0.25, 0.3) is 0 Å². The average Bonchev–Trinajstić information content (AvgIpc) is 2.79. The number of nitrogens with two attached hydrogens (primary N) is 1. The van der Waals surface area contributed by atoms with Crippen molar-refractivity contribution in [1.29, 1.82) is 0 Å². The van der Waals surface area contributed by atoms with E-state index in [1.54, 1.807) is 0 Å². The summed E-state index contributed by atoms with van der Waals surface area (Å²) < 4.78 is 0. The van der Waals surface area contributed by atoms with Crippen molar-refractivity contribution < 1.29 is 5.11 Å². The van der Waals surface area contributed by atoms with Gasteiger partial charge in [0, 0.05) is 0 Å². The molecule has 1 aliphatic carbocycles. The second kappa shape index (κ2) is 6.55. The van der Waals surface area contributed by atoms with Gasteiger partial charge < -0.3 is 10.8 Å². The summed E-state index contributed by atoms with van der Waals surface area (Å²) in [4.78, 5) is 0. The van der Waals surface area contributed by atoms with Gasteiger partial charge in [0.2, 0.25) is 0 Å². The zero-order chi connectivity index (χ0) is 12.4. The summed E-state index contributed by atoms with van der Waals surface area (Å²) in [6, 6.07) is 6.08. The lowest BCUT2D eigenvalue weighted by atomic mass is 9.89. The Morgan fingerprint density at radius 2 is 1.61 bits per heavy atom. The topological polar surface area (TPSA) is 46.2 Å². The van der Waals surface area contributed by atoms with Crippen molar-refractivity contribution in [3.8, 4) is 0 Å². The highest BCUT2D eigenvalue weighted by molar-refractivity contribution is 5.85. The Kier molecular flexibility index (Phi) is 5.64. The van der Waals surface area contributed by atoms with Crippen LogP contribution in [0.15, 0.2) is 18.2 Å². The molecule has 1 saturated carbocycles. The maximum Gasteiger partial charge on any atom is 0.0760 e. The molecule has 0 heterocycles. The number of aliphatic hydroxyl groups is 1. The Balaban J connectivity index is 0.00000162. The second-order valence-electron chi connectivity index (χ2n) is 5.48. The van der Waals surface area contributed by atoms with Crippen molar-refractivity contribution in [3.05, 3.63) is 34.9 Å². The molecule has 18 heavy (non-hydrogen) atoms. The largest absolute Gasteiger partial charge is 0.391 e. The van der Waals surface area contributed by atoms with E-state index in [1.165, 1.54) is 24.0 Å². The molecule has 0 radical (unpaired) electrons. The van der Waals surface area contributed by atoms with E-state index < -0.39 is 6.10 Å². The van der Waals surface area contributed by atoms with Crippen LogP contribution in [0.2, 0.25) is 0 Å². The van der Waals surface area contributed by atoms with Crippen LogP contribution in [-0.2, 0) is 0 Å². The predicted octanol–water partition coefficient (Wildman–Crippen LogP) is 3.28. The Morgan fingerprint density at radius 3 is 2.11 bits per heavy atom. The minimum Gasteiger partial charge on any atom is -0.391 e. The van der Waals surface area contributed by atoms with Gasteiger partial charge in [0.05, 0.1) is 12.1 Å². The fourth-order valence-corrected chi connectivity index (χ4v) is 2.99. The maximum atomic E-state index is 10.3. The third-order valence-corrected chi connectivity index (χ3v) is 3.88. The van der Waals surface area contributed by atoms with Crippen molar-refractivity contribution in [3.63, 3.8) is 0 Å².